The number of thiophene rings is 1. The molecular formula is C16H24OS. The number of Topliss-reactive ketones (excluding diaryl/α,β-unsaturated/α-hetero) is 1. The predicted octanol–water partition coefficient (Wildman–Crippen LogP) is 5.17. The van der Waals surface area contributed by atoms with Crippen molar-refractivity contribution in [1.82, 2.24) is 0 Å². The first-order chi connectivity index (χ1) is 8.81. The Balaban J connectivity index is 1.90. The Morgan fingerprint density at radius 2 is 2.00 bits per heavy atom. The molecule has 0 radical (unpaired) electrons. The van der Waals surface area contributed by atoms with E-state index in [0.29, 0.717) is 5.78 Å². The molecule has 1 aromatic heterocycles. The average molecular weight is 264 g/mol. The summed E-state index contributed by atoms with van der Waals surface area (Å²) < 4.78 is 0. The monoisotopic (exact) mass is 264 g/mol. The number of hydrogen-bond donors (Lipinski definition) is 0. The average Bonchev–Trinajstić information content (AvgIpc) is 2.66. The molecule has 18 heavy (non-hydrogen) atoms. The third kappa shape index (κ3) is 3.68. The minimum Gasteiger partial charge on any atom is -0.293 e. The lowest BCUT2D eigenvalue weighted by Crippen LogP contribution is -1.95. The highest BCUT2D eigenvalue weighted by Gasteiger charge is 2.15. The smallest absolute Gasteiger partial charge is 0.172 e. The summed E-state index contributed by atoms with van der Waals surface area (Å²) in [5.74, 6) is 0.379. The van der Waals surface area contributed by atoms with Crippen LogP contribution in [-0.2, 0) is 12.8 Å². The lowest BCUT2D eigenvalue weighted by atomic mass is 10.1. The number of fused-ring (bicyclic) bond motifs is 1. The SMILES string of the molecule is CCCCCCC(=O)c1cc2c(s1)CCCCC2. The summed E-state index contributed by atoms with van der Waals surface area (Å²) >= 11 is 1.77. The molecule has 1 aliphatic carbocycles. The van der Waals surface area contributed by atoms with E-state index in [0.717, 1.165) is 17.7 Å². The Bertz CT molecular complexity index is 368. The van der Waals surface area contributed by atoms with Crippen molar-refractivity contribution >= 4 is 17.1 Å². The van der Waals surface area contributed by atoms with Crippen LogP contribution in [0.2, 0.25) is 0 Å². The number of rotatable bonds is 6. The van der Waals surface area contributed by atoms with Gasteiger partial charge in [0.05, 0.1) is 4.88 Å². The van der Waals surface area contributed by atoms with Crippen LogP contribution >= 0.6 is 11.3 Å². The van der Waals surface area contributed by atoms with Crippen LogP contribution in [0.5, 0.6) is 0 Å². The van der Waals surface area contributed by atoms with Crippen molar-refractivity contribution in [3.63, 3.8) is 0 Å². The molecule has 0 saturated carbocycles. The zero-order chi connectivity index (χ0) is 12.8. The number of carbonyl (C=O) groups excluding carboxylic acids is 1. The summed E-state index contributed by atoms with van der Waals surface area (Å²) in [6.45, 7) is 2.21. The van der Waals surface area contributed by atoms with Gasteiger partial charge in [-0.25, -0.2) is 0 Å². The predicted molar refractivity (Wildman–Crippen MR) is 78.7 cm³/mol. The number of unbranched alkanes of at least 4 members (excludes halogenated alkanes) is 3. The molecular weight excluding hydrogens is 240 g/mol. The van der Waals surface area contributed by atoms with E-state index >= 15 is 0 Å². The molecule has 0 N–H and O–H groups in total. The topological polar surface area (TPSA) is 17.1 Å². The van der Waals surface area contributed by atoms with Crippen LogP contribution in [0.4, 0.5) is 0 Å². The van der Waals surface area contributed by atoms with Crippen molar-refractivity contribution in [2.24, 2.45) is 0 Å². The van der Waals surface area contributed by atoms with Gasteiger partial charge in [-0.1, -0.05) is 32.6 Å². The lowest BCUT2D eigenvalue weighted by Gasteiger charge is -1.98. The summed E-state index contributed by atoms with van der Waals surface area (Å²) in [7, 11) is 0. The number of hydrogen-bond acceptors (Lipinski definition) is 2. The zero-order valence-corrected chi connectivity index (χ0v) is 12.3. The van der Waals surface area contributed by atoms with Crippen LogP contribution in [0.1, 0.15) is 78.4 Å². The summed E-state index contributed by atoms with van der Waals surface area (Å²) in [5, 5.41) is 0. The molecule has 2 heteroatoms. The number of ketones is 1. The van der Waals surface area contributed by atoms with E-state index in [-0.39, 0.29) is 0 Å². The number of aryl methyl sites for hydroxylation is 2. The van der Waals surface area contributed by atoms with Crippen molar-refractivity contribution in [3.05, 3.63) is 21.4 Å². The van der Waals surface area contributed by atoms with Crippen LogP contribution in [0, 0.1) is 0 Å². The first-order valence-corrected chi connectivity index (χ1v) is 8.27. The van der Waals surface area contributed by atoms with Gasteiger partial charge in [0.15, 0.2) is 5.78 Å². The van der Waals surface area contributed by atoms with Gasteiger partial charge < -0.3 is 0 Å². The van der Waals surface area contributed by atoms with Crippen molar-refractivity contribution in [2.75, 3.05) is 0 Å². The second kappa shape index (κ2) is 7.08. The van der Waals surface area contributed by atoms with Crippen LogP contribution < -0.4 is 0 Å². The van der Waals surface area contributed by atoms with Gasteiger partial charge in [-0.05, 0) is 43.7 Å². The molecule has 1 heterocycles. The van der Waals surface area contributed by atoms with Crippen LogP contribution in [0.3, 0.4) is 0 Å². The molecule has 0 spiro atoms. The molecule has 100 valence electrons. The van der Waals surface area contributed by atoms with E-state index in [9.17, 15) is 4.79 Å². The van der Waals surface area contributed by atoms with Gasteiger partial charge in [0.25, 0.3) is 0 Å². The van der Waals surface area contributed by atoms with Gasteiger partial charge in [0.1, 0.15) is 0 Å². The Labute approximate surface area is 115 Å². The third-order valence-electron chi connectivity index (χ3n) is 3.78. The third-order valence-corrected chi connectivity index (χ3v) is 5.06. The van der Waals surface area contributed by atoms with Gasteiger partial charge in [0, 0.05) is 11.3 Å². The van der Waals surface area contributed by atoms with Gasteiger partial charge in [-0.15, -0.1) is 11.3 Å². The summed E-state index contributed by atoms with van der Waals surface area (Å²) in [4.78, 5) is 14.6. The van der Waals surface area contributed by atoms with Crippen LogP contribution in [-0.4, -0.2) is 5.78 Å². The zero-order valence-electron chi connectivity index (χ0n) is 11.5. The molecule has 0 amide bonds. The van der Waals surface area contributed by atoms with Crippen molar-refractivity contribution < 1.29 is 4.79 Å². The highest BCUT2D eigenvalue weighted by Crippen LogP contribution is 2.29. The molecule has 1 nitrogen and oxygen atoms in total. The van der Waals surface area contributed by atoms with E-state index in [1.165, 1.54) is 61.8 Å². The van der Waals surface area contributed by atoms with E-state index in [2.05, 4.69) is 13.0 Å². The normalized spacial score (nSPS) is 15.2. The Kier molecular flexibility index (Phi) is 5.43. The second-order valence-electron chi connectivity index (χ2n) is 5.35. The standard InChI is InChI=1S/C16H24OS/c1-2-3-4-7-10-14(17)16-12-13-9-6-5-8-11-15(13)18-16/h12H,2-11H2,1H3. The highest BCUT2D eigenvalue weighted by atomic mass is 32.1. The van der Waals surface area contributed by atoms with E-state index in [1.807, 2.05) is 0 Å². The van der Waals surface area contributed by atoms with Gasteiger partial charge in [0.2, 0.25) is 0 Å². The largest absolute Gasteiger partial charge is 0.293 e. The molecule has 0 unspecified atom stereocenters. The Hall–Kier alpha value is -0.630. The summed E-state index contributed by atoms with van der Waals surface area (Å²) in [5.41, 5.74) is 1.47. The van der Waals surface area contributed by atoms with E-state index in [4.69, 9.17) is 0 Å². The van der Waals surface area contributed by atoms with Crippen molar-refractivity contribution in [3.8, 4) is 0 Å². The Morgan fingerprint density at radius 1 is 1.17 bits per heavy atom. The molecule has 0 aromatic carbocycles. The second-order valence-corrected chi connectivity index (χ2v) is 6.49. The first kappa shape index (κ1) is 13.8. The first-order valence-electron chi connectivity index (χ1n) is 7.46. The molecule has 1 aliphatic rings. The molecule has 2 rings (SSSR count). The minimum atomic E-state index is 0.379. The molecule has 1 aromatic rings. The van der Waals surface area contributed by atoms with Gasteiger partial charge >= 0.3 is 0 Å². The molecule has 0 atom stereocenters. The van der Waals surface area contributed by atoms with E-state index < -0.39 is 0 Å². The number of carbonyl (C=O) groups is 1. The minimum absolute atomic E-state index is 0.379. The fraction of sp³-hybridized carbons (Fsp3) is 0.688. The van der Waals surface area contributed by atoms with Crippen molar-refractivity contribution in [1.29, 1.82) is 0 Å². The molecule has 0 fully saturated rings. The molecule has 0 aliphatic heterocycles. The maximum atomic E-state index is 12.1. The van der Waals surface area contributed by atoms with Crippen molar-refractivity contribution in [2.45, 2.75) is 71.1 Å². The van der Waals surface area contributed by atoms with Gasteiger partial charge in [-0.3, -0.25) is 4.79 Å². The van der Waals surface area contributed by atoms with E-state index in [1.54, 1.807) is 11.3 Å². The molecule has 0 bridgehead atoms. The fourth-order valence-corrected chi connectivity index (χ4v) is 3.86. The van der Waals surface area contributed by atoms with Gasteiger partial charge in [-0.2, -0.15) is 0 Å². The fourth-order valence-electron chi connectivity index (χ4n) is 2.64. The maximum Gasteiger partial charge on any atom is 0.172 e. The summed E-state index contributed by atoms with van der Waals surface area (Å²) in [6, 6.07) is 2.19. The summed E-state index contributed by atoms with van der Waals surface area (Å²) in [6.07, 6.45) is 11.9. The highest BCUT2D eigenvalue weighted by molar-refractivity contribution is 7.14. The lowest BCUT2D eigenvalue weighted by molar-refractivity contribution is 0.0983. The molecule has 0 saturated heterocycles. The maximum absolute atomic E-state index is 12.1. The quantitative estimate of drug-likeness (QED) is 0.393. The van der Waals surface area contributed by atoms with Crippen LogP contribution in [0.25, 0.3) is 0 Å². The Morgan fingerprint density at radius 3 is 2.83 bits per heavy atom. The van der Waals surface area contributed by atoms with Crippen LogP contribution in [0.15, 0.2) is 6.07 Å².